The number of hydrogen-bond donors (Lipinski definition) is 1. The summed E-state index contributed by atoms with van der Waals surface area (Å²) in [7, 11) is 4.13. The molecule has 0 saturated carbocycles. The summed E-state index contributed by atoms with van der Waals surface area (Å²) in [6.07, 6.45) is 4.11. The molecule has 1 rings (SSSR count). The summed E-state index contributed by atoms with van der Waals surface area (Å²) >= 11 is -4.78. The molecule has 0 atom stereocenters. The van der Waals surface area contributed by atoms with E-state index in [-0.39, 0.29) is 0 Å². The van der Waals surface area contributed by atoms with E-state index in [9.17, 15) is 0 Å². The molecule has 0 saturated heterocycles. The Morgan fingerprint density at radius 2 is 2.07 bits per heavy atom. The fourth-order valence-corrected chi connectivity index (χ4v) is 0.802. The van der Waals surface area contributed by atoms with Crippen LogP contribution in [0.2, 0.25) is 0 Å². The van der Waals surface area contributed by atoms with Gasteiger partial charge in [-0.15, -0.1) is 0 Å². The Balaban J connectivity index is 0.000000292. The molecule has 1 N–H and O–H groups in total. The minimum atomic E-state index is -4.78. The number of pyridine rings is 1. The number of aromatic nitrogens is 1. The van der Waals surface area contributed by atoms with Crippen molar-refractivity contribution in [2.24, 2.45) is 0 Å². The summed E-state index contributed by atoms with van der Waals surface area (Å²) in [6.45, 7) is 2.16. The SMILES string of the molecule is CCCc1ccccn1.[O]=[Cr](=[O])([OH])[Cl]. The van der Waals surface area contributed by atoms with E-state index in [1.54, 1.807) is 0 Å². The molecule has 1 aromatic rings. The molecule has 1 heterocycles. The summed E-state index contributed by atoms with van der Waals surface area (Å²) in [6, 6.07) is 6.03. The van der Waals surface area contributed by atoms with Crippen LogP contribution in [-0.4, -0.2) is 9.14 Å². The second-order valence-corrected chi connectivity index (χ2v) is 5.38. The first kappa shape index (κ1) is 13.5. The van der Waals surface area contributed by atoms with E-state index in [1.165, 1.54) is 12.1 Å². The monoisotopic (exact) mass is 257 g/mol. The molecule has 80 valence electrons. The van der Waals surface area contributed by atoms with Crippen LogP contribution in [0.15, 0.2) is 24.4 Å². The summed E-state index contributed by atoms with van der Waals surface area (Å²) in [4.78, 5) is 4.17. The van der Waals surface area contributed by atoms with Gasteiger partial charge >= 0.3 is 34.2 Å². The van der Waals surface area contributed by atoms with Gasteiger partial charge in [0.05, 0.1) is 0 Å². The van der Waals surface area contributed by atoms with Crippen molar-refractivity contribution in [2.75, 3.05) is 0 Å². The van der Waals surface area contributed by atoms with Crippen molar-refractivity contribution in [3.63, 3.8) is 0 Å². The van der Waals surface area contributed by atoms with Crippen LogP contribution in [0.3, 0.4) is 0 Å². The van der Waals surface area contributed by atoms with E-state index in [2.05, 4.69) is 28.0 Å². The molecule has 0 amide bonds. The first-order valence-corrected chi connectivity index (χ1v) is 7.37. The van der Waals surface area contributed by atoms with Gasteiger partial charge in [0.1, 0.15) is 0 Å². The third kappa shape index (κ3) is 11.5. The fourth-order valence-electron chi connectivity index (χ4n) is 0.802. The van der Waals surface area contributed by atoms with Gasteiger partial charge in [-0.3, -0.25) is 4.98 Å². The van der Waals surface area contributed by atoms with Gasteiger partial charge in [0.15, 0.2) is 0 Å². The molecular weight excluding hydrogens is 246 g/mol. The second-order valence-electron chi connectivity index (χ2n) is 2.48. The van der Waals surface area contributed by atoms with Crippen molar-refractivity contribution < 1.29 is 24.1 Å². The van der Waals surface area contributed by atoms with Crippen LogP contribution in [0.5, 0.6) is 0 Å². The predicted molar refractivity (Wildman–Crippen MR) is 47.7 cm³/mol. The summed E-state index contributed by atoms with van der Waals surface area (Å²) in [5, 5.41) is 0. The average molecular weight is 258 g/mol. The summed E-state index contributed by atoms with van der Waals surface area (Å²) in [5.74, 6) is 0. The summed E-state index contributed by atoms with van der Waals surface area (Å²) < 4.78 is 25.4. The van der Waals surface area contributed by atoms with E-state index in [4.69, 9.17) is 11.8 Å². The Hall–Kier alpha value is -0.468. The molecule has 0 aliphatic rings. The van der Waals surface area contributed by atoms with E-state index in [0.717, 1.165) is 6.42 Å². The molecule has 0 unspecified atom stereocenters. The maximum atomic E-state index is 9.03. The van der Waals surface area contributed by atoms with Crippen LogP contribution in [0.1, 0.15) is 19.0 Å². The van der Waals surface area contributed by atoms with Gasteiger partial charge in [-0.25, -0.2) is 0 Å². The fraction of sp³-hybridized carbons (Fsp3) is 0.375. The van der Waals surface area contributed by atoms with Gasteiger partial charge < -0.3 is 0 Å². The predicted octanol–water partition coefficient (Wildman–Crippen LogP) is 1.93. The standard InChI is InChI=1S/C8H11N.ClH.Cr.H2O.2O/c1-2-5-8-6-3-4-7-9-8;;;;;/h3-4,6-7H,2,5H2,1H3;1H;;1H2;;/q;;+2;;;/p-2. The molecule has 0 bridgehead atoms. The zero-order valence-electron chi connectivity index (χ0n) is 7.72. The van der Waals surface area contributed by atoms with Gasteiger partial charge in [-0.05, 0) is 18.6 Å². The molecule has 14 heavy (non-hydrogen) atoms. The van der Waals surface area contributed by atoms with Crippen molar-refractivity contribution in [2.45, 2.75) is 19.8 Å². The summed E-state index contributed by atoms with van der Waals surface area (Å²) in [5.41, 5.74) is 1.19. The molecule has 0 radical (unpaired) electrons. The molecular formula is C8H12ClCrNO3. The van der Waals surface area contributed by atoms with Crippen LogP contribution in [0.25, 0.3) is 0 Å². The number of aryl methyl sites for hydroxylation is 1. The van der Waals surface area contributed by atoms with Gasteiger partial charge in [-0.2, -0.15) is 0 Å². The quantitative estimate of drug-likeness (QED) is 0.879. The normalized spacial score (nSPS) is 10.2. The van der Waals surface area contributed by atoms with E-state index in [1.807, 2.05) is 18.3 Å². The molecule has 0 spiro atoms. The number of hydrogen-bond acceptors (Lipinski definition) is 3. The van der Waals surface area contributed by atoms with Gasteiger partial charge in [0, 0.05) is 11.9 Å². The van der Waals surface area contributed by atoms with Crippen LogP contribution >= 0.6 is 10.0 Å². The molecule has 0 aromatic carbocycles. The van der Waals surface area contributed by atoms with Crippen molar-refractivity contribution in [3.8, 4) is 0 Å². The Morgan fingerprint density at radius 1 is 1.50 bits per heavy atom. The molecule has 0 aliphatic heterocycles. The zero-order valence-corrected chi connectivity index (χ0v) is 9.75. The molecule has 4 nitrogen and oxygen atoms in total. The van der Waals surface area contributed by atoms with E-state index >= 15 is 0 Å². The Bertz CT molecular complexity index is 331. The first-order chi connectivity index (χ1) is 6.43. The third-order valence-electron chi connectivity index (χ3n) is 1.23. The number of halogens is 1. The van der Waals surface area contributed by atoms with Gasteiger partial charge in [-0.1, -0.05) is 19.4 Å². The Morgan fingerprint density at radius 3 is 2.43 bits per heavy atom. The number of nitrogens with zero attached hydrogens (tertiary/aromatic N) is 1. The Kier molecular flexibility index (Phi) is 6.68. The topological polar surface area (TPSA) is 67.3 Å². The zero-order chi connectivity index (χ0) is 11.0. The van der Waals surface area contributed by atoms with E-state index < -0.39 is 12.4 Å². The molecule has 0 aliphatic carbocycles. The molecule has 1 aromatic heterocycles. The van der Waals surface area contributed by atoms with Crippen LogP contribution in [-0.2, 0) is 26.4 Å². The van der Waals surface area contributed by atoms with Gasteiger partial charge in [0.2, 0.25) is 0 Å². The number of rotatable bonds is 2. The van der Waals surface area contributed by atoms with Crippen molar-refractivity contribution >= 4 is 10.0 Å². The van der Waals surface area contributed by atoms with Gasteiger partial charge in [0.25, 0.3) is 0 Å². The van der Waals surface area contributed by atoms with Crippen molar-refractivity contribution in [1.29, 1.82) is 0 Å². The molecule has 6 heteroatoms. The van der Waals surface area contributed by atoms with Crippen LogP contribution in [0.4, 0.5) is 0 Å². The van der Waals surface area contributed by atoms with Crippen LogP contribution in [0, 0.1) is 0 Å². The maximum absolute atomic E-state index is 9.03. The molecule has 0 fully saturated rings. The second kappa shape index (κ2) is 6.91. The average Bonchev–Trinajstić information content (AvgIpc) is 2.03. The Labute approximate surface area is 89.2 Å². The van der Waals surface area contributed by atoms with Crippen molar-refractivity contribution in [3.05, 3.63) is 30.1 Å². The van der Waals surface area contributed by atoms with E-state index in [0.29, 0.717) is 0 Å². The minimum absolute atomic E-state index is 1.10. The third-order valence-corrected chi connectivity index (χ3v) is 1.23. The van der Waals surface area contributed by atoms with Crippen molar-refractivity contribution in [1.82, 2.24) is 4.98 Å². The van der Waals surface area contributed by atoms with Crippen LogP contribution < -0.4 is 0 Å². The first-order valence-electron chi connectivity index (χ1n) is 4.00.